The van der Waals surface area contributed by atoms with Crippen LogP contribution in [0.1, 0.15) is 30.6 Å². The highest BCUT2D eigenvalue weighted by atomic mass is 16.4. The molecule has 1 unspecified atom stereocenters. The van der Waals surface area contributed by atoms with Crippen LogP contribution in [-0.2, 0) is 6.54 Å². The van der Waals surface area contributed by atoms with Crippen LogP contribution in [0.4, 0.5) is 0 Å². The van der Waals surface area contributed by atoms with Crippen molar-refractivity contribution < 1.29 is 9.90 Å². The van der Waals surface area contributed by atoms with Crippen molar-refractivity contribution in [2.45, 2.75) is 26.8 Å². The van der Waals surface area contributed by atoms with Gasteiger partial charge in [-0.15, -0.1) is 0 Å². The summed E-state index contributed by atoms with van der Waals surface area (Å²) in [7, 11) is 0. The predicted octanol–water partition coefficient (Wildman–Crippen LogP) is 2.78. The largest absolute Gasteiger partial charge is 0.478 e. The lowest BCUT2D eigenvalue weighted by molar-refractivity contribution is 0.0697. The number of nitrogens with zero attached hydrogens (tertiary/aromatic N) is 2. The van der Waals surface area contributed by atoms with Gasteiger partial charge in [-0.05, 0) is 24.1 Å². The number of fused-ring (bicyclic) bond motifs is 1. The third-order valence-electron chi connectivity index (χ3n) is 3.07. The maximum Gasteiger partial charge on any atom is 0.335 e. The number of hydrogen-bond donors (Lipinski definition) is 1. The van der Waals surface area contributed by atoms with Crippen molar-refractivity contribution in [1.82, 2.24) is 9.55 Å². The fourth-order valence-electron chi connectivity index (χ4n) is 1.80. The Morgan fingerprint density at radius 3 is 2.94 bits per heavy atom. The summed E-state index contributed by atoms with van der Waals surface area (Å²) < 4.78 is 2.02. The predicted molar refractivity (Wildman–Crippen MR) is 66.1 cm³/mol. The fourth-order valence-corrected chi connectivity index (χ4v) is 1.80. The quantitative estimate of drug-likeness (QED) is 0.881. The molecule has 0 spiro atoms. The molecule has 0 aliphatic heterocycles. The minimum atomic E-state index is -0.900. The molecule has 0 aliphatic rings. The Balaban J connectivity index is 2.43. The molecule has 0 fully saturated rings. The number of carboxylic acid groups (broad SMARTS) is 1. The Morgan fingerprint density at radius 2 is 2.29 bits per heavy atom. The molecule has 0 bridgehead atoms. The third-order valence-corrected chi connectivity index (χ3v) is 3.07. The average Bonchev–Trinajstić information content (AvgIpc) is 2.71. The normalized spacial score (nSPS) is 12.8. The molecular weight excluding hydrogens is 216 g/mol. The van der Waals surface area contributed by atoms with Crippen LogP contribution in [0.3, 0.4) is 0 Å². The van der Waals surface area contributed by atoms with E-state index in [1.165, 1.54) is 0 Å². The number of carboxylic acids is 1. The second kappa shape index (κ2) is 4.57. The molecule has 17 heavy (non-hydrogen) atoms. The Kier molecular flexibility index (Phi) is 3.13. The van der Waals surface area contributed by atoms with E-state index >= 15 is 0 Å². The second-order valence-corrected chi connectivity index (χ2v) is 4.42. The van der Waals surface area contributed by atoms with Gasteiger partial charge in [0.25, 0.3) is 0 Å². The van der Waals surface area contributed by atoms with Crippen molar-refractivity contribution in [2.24, 2.45) is 5.92 Å². The van der Waals surface area contributed by atoms with Crippen LogP contribution in [-0.4, -0.2) is 20.6 Å². The number of aromatic carboxylic acids is 1. The van der Waals surface area contributed by atoms with Gasteiger partial charge in [0, 0.05) is 6.54 Å². The fraction of sp³-hybridized carbons (Fsp3) is 0.385. The molecule has 90 valence electrons. The molecule has 1 heterocycles. The molecule has 2 rings (SSSR count). The molecule has 1 aromatic heterocycles. The Bertz CT molecular complexity index is 545. The molecule has 1 atom stereocenters. The van der Waals surface area contributed by atoms with E-state index in [0.29, 0.717) is 11.5 Å². The van der Waals surface area contributed by atoms with Gasteiger partial charge >= 0.3 is 5.97 Å². The molecular formula is C13H16N2O2. The van der Waals surface area contributed by atoms with Crippen molar-refractivity contribution >= 4 is 17.0 Å². The zero-order valence-electron chi connectivity index (χ0n) is 10.1. The summed E-state index contributed by atoms with van der Waals surface area (Å²) in [6, 6.07) is 5.03. The molecule has 1 aromatic carbocycles. The lowest BCUT2D eigenvalue weighted by atomic mass is 10.1. The van der Waals surface area contributed by atoms with Crippen molar-refractivity contribution in [2.75, 3.05) is 0 Å². The van der Waals surface area contributed by atoms with Gasteiger partial charge in [-0.2, -0.15) is 0 Å². The van der Waals surface area contributed by atoms with Gasteiger partial charge in [0.15, 0.2) is 0 Å². The van der Waals surface area contributed by atoms with Gasteiger partial charge in [0.05, 0.1) is 22.9 Å². The Labute approximate surface area is 99.9 Å². The number of imidazole rings is 1. The number of carbonyl (C=O) groups is 1. The molecule has 0 saturated heterocycles. The van der Waals surface area contributed by atoms with Crippen LogP contribution in [0.5, 0.6) is 0 Å². The van der Waals surface area contributed by atoms with Gasteiger partial charge in [0.1, 0.15) is 0 Å². The van der Waals surface area contributed by atoms with E-state index in [1.807, 2.05) is 4.57 Å². The molecule has 4 heteroatoms. The van der Waals surface area contributed by atoms with Crippen molar-refractivity contribution in [3.63, 3.8) is 0 Å². The molecule has 0 aliphatic carbocycles. The van der Waals surface area contributed by atoms with E-state index in [-0.39, 0.29) is 0 Å². The van der Waals surface area contributed by atoms with Gasteiger partial charge in [-0.3, -0.25) is 0 Å². The maximum atomic E-state index is 10.9. The van der Waals surface area contributed by atoms with Crippen molar-refractivity contribution in [3.05, 3.63) is 30.1 Å². The average molecular weight is 232 g/mol. The van der Waals surface area contributed by atoms with Crippen molar-refractivity contribution in [3.8, 4) is 0 Å². The van der Waals surface area contributed by atoms with Crippen LogP contribution in [0, 0.1) is 5.92 Å². The first kappa shape index (κ1) is 11.6. The van der Waals surface area contributed by atoms with E-state index < -0.39 is 5.97 Å². The highest BCUT2D eigenvalue weighted by Gasteiger charge is 2.09. The van der Waals surface area contributed by atoms with E-state index in [4.69, 9.17) is 5.11 Å². The molecule has 0 saturated carbocycles. The molecule has 2 aromatic rings. The summed E-state index contributed by atoms with van der Waals surface area (Å²) in [6.07, 6.45) is 2.88. The summed E-state index contributed by atoms with van der Waals surface area (Å²) >= 11 is 0. The smallest absolute Gasteiger partial charge is 0.335 e. The minimum Gasteiger partial charge on any atom is -0.478 e. The highest BCUT2D eigenvalue weighted by molar-refractivity contribution is 5.92. The first-order valence-electron chi connectivity index (χ1n) is 5.80. The first-order chi connectivity index (χ1) is 8.11. The SMILES string of the molecule is CCC(C)Cn1cnc2ccc(C(=O)O)cc21. The summed E-state index contributed by atoms with van der Waals surface area (Å²) in [5.74, 6) is -0.343. The number of aromatic nitrogens is 2. The van der Waals surface area contributed by atoms with E-state index in [0.717, 1.165) is 24.0 Å². The summed E-state index contributed by atoms with van der Waals surface area (Å²) in [5, 5.41) is 8.97. The topological polar surface area (TPSA) is 55.1 Å². The number of benzene rings is 1. The zero-order chi connectivity index (χ0) is 12.4. The van der Waals surface area contributed by atoms with E-state index in [1.54, 1.807) is 24.5 Å². The second-order valence-electron chi connectivity index (χ2n) is 4.42. The Morgan fingerprint density at radius 1 is 1.53 bits per heavy atom. The molecule has 4 nitrogen and oxygen atoms in total. The van der Waals surface area contributed by atoms with Crippen LogP contribution in [0.2, 0.25) is 0 Å². The Hall–Kier alpha value is -1.84. The number of hydrogen-bond acceptors (Lipinski definition) is 2. The number of rotatable bonds is 4. The van der Waals surface area contributed by atoms with Gasteiger partial charge in [0.2, 0.25) is 0 Å². The van der Waals surface area contributed by atoms with E-state index in [2.05, 4.69) is 18.8 Å². The lowest BCUT2D eigenvalue weighted by Gasteiger charge is -2.10. The van der Waals surface area contributed by atoms with Crippen LogP contribution >= 0.6 is 0 Å². The van der Waals surface area contributed by atoms with Crippen LogP contribution in [0.25, 0.3) is 11.0 Å². The van der Waals surface area contributed by atoms with E-state index in [9.17, 15) is 4.79 Å². The van der Waals surface area contributed by atoms with Gasteiger partial charge < -0.3 is 9.67 Å². The highest BCUT2D eigenvalue weighted by Crippen LogP contribution is 2.17. The molecule has 1 N–H and O–H groups in total. The molecule has 0 radical (unpaired) electrons. The zero-order valence-corrected chi connectivity index (χ0v) is 10.1. The standard InChI is InChI=1S/C13H16N2O2/c1-3-9(2)7-15-8-14-11-5-4-10(13(16)17)6-12(11)15/h4-6,8-9H,3,7H2,1-2H3,(H,16,17). The van der Waals surface area contributed by atoms with Crippen LogP contribution in [0.15, 0.2) is 24.5 Å². The maximum absolute atomic E-state index is 10.9. The first-order valence-corrected chi connectivity index (χ1v) is 5.80. The lowest BCUT2D eigenvalue weighted by Crippen LogP contribution is -2.05. The van der Waals surface area contributed by atoms with Gasteiger partial charge in [-0.1, -0.05) is 20.3 Å². The minimum absolute atomic E-state index is 0.309. The van der Waals surface area contributed by atoms with Crippen molar-refractivity contribution in [1.29, 1.82) is 0 Å². The monoisotopic (exact) mass is 232 g/mol. The summed E-state index contributed by atoms with van der Waals surface area (Å²) in [6.45, 7) is 5.19. The summed E-state index contributed by atoms with van der Waals surface area (Å²) in [4.78, 5) is 15.2. The van der Waals surface area contributed by atoms with Crippen LogP contribution < -0.4 is 0 Å². The molecule has 0 amide bonds. The summed E-state index contributed by atoms with van der Waals surface area (Å²) in [5.41, 5.74) is 2.05. The van der Waals surface area contributed by atoms with Gasteiger partial charge in [-0.25, -0.2) is 9.78 Å². The third kappa shape index (κ3) is 2.30.